The Balaban J connectivity index is 1.77. The van der Waals surface area contributed by atoms with Gasteiger partial charge in [0.25, 0.3) is 0 Å². The molecule has 0 aliphatic carbocycles. The molecule has 31 heavy (non-hydrogen) atoms. The number of aromatic amines is 1. The topological polar surface area (TPSA) is 179 Å². The molecule has 1 aromatic carbocycles. The number of nitrogens with one attached hydrogen (secondary N) is 3. The number of primary sulfonamides is 1. The van der Waals surface area contributed by atoms with Crippen LogP contribution in [0, 0.1) is 5.92 Å². The van der Waals surface area contributed by atoms with E-state index in [2.05, 4.69) is 31.3 Å². The molecular weight excluding hydrogens is 444 g/mol. The van der Waals surface area contributed by atoms with Crippen molar-refractivity contribution < 1.29 is 17.7 Å². The van der Waals surface area contributed by atoms with E-state index in [1.807, 2.05) is 4.90 Å². The van der Waals surface area contributed by atoms with Crippen LogP contribution in [0.1, 0.15) is 12.8 Å². The average Bonchev–Trinajstić information content (AvgIpc) is 3.52. The quantitative estimate of drug-likeness (QED) is 0.300. The minimum atomic E-state index is -4.27. The van der Waals surface area contributed by atoms with E-state index in [1.165, 1.54) is 6.07 Å². The number of H-pyrrole nitrogens is 1. The van der Waals surface area contributed by atoms with Crippen molar-refractivity contribution in [3.63, 3.8) is 0 Å². The van der Waals surface area contributed by atoms with Crippen LogP contribution in [0.5, 0.6) is 0 Å². The molecule has 0 bridgehead atoms. The number of nitrogens with zero attached hydrogens (tertiary/aromatic N) is 4. The third kappa shape index (κ3) is 4.78. The summed E-state index contributed by atoms with van der Waals surface area (Å²) in [5.74, 6) is 0.225. The Kier molecular flexibility index (Phi) is 6.64. The molecule has 3 atom stereocenters. The number of nitrogens with two attached hydrogens (primary N) is 1. The molecule has 4 rings (SSSR count). The smallest absolute Gasteiger partial charge is 0.240 e. The van der Waals surface area contributed by atoms with Gasteiger partial charge in [0.15, 0.2) is 0 Å². The lowest BCUT2D eigenvalue weighted by Crippen LogP contribution is -2.34. The summed E-state index contributed by atoms with van der Waals surface area (Å²) in [6.45, 7) is 2.87. The highest BCUT2D eigenvalue weighted by Crippen LogP contribution is 2.39. The number of hydrogen-bond acceptors (Lipinski definition) is 10. The summed E-state index contributed by atoms with van der Waals surface area (Å²) < 4.78 is 38.5. The average molecular weight is 471 g/mol. The first-order chi connectivity index (χ1) is 14.9. The SMILES string of the molecule is NS(=O)(=O)c1c(S(=O)CN[C@@H]2CCNC2)ccc(N2CC[C@H](CO)C2)c1-c1nn[nH]n1. The van der Waals surface area contributed by atoms with E-state index in [0.717, 1.165) is 25.9 Å². The molecule has 0 amide bonds. The molecule has 2 aliphatic heterocycles. The predicted molar refractivity (Wildman–Crippen MR) is 114 cm³/mol. The molecule has 6 N–H and O–H groups in total. The van der Waals surface area contributed by atoms with Gasteiger partial charge < -0.3 is 20.6 Å². The molecule has 170 valence electrons. The van der Waals surface area contributed by atoms with Gasteiger partial charge in [-0.05, 0) is 36.7 Å². The number of sulfonamides is 1. The van der Waals surface area contributed by atoms with E-state index < -0.39 is 20.8 Å². The van der Waals surface area contributed by atoms with Crippen LogP contribution in [0.3, 0.4) is 0 Å². The van der Waals surface area contributed by atoms with Crippen LogP contribution in [0.15, 0.2) is 21.9 Å². The highest BCUT2D eigenvalue weighted by atomic mass is 32.2. The molecule has 3 heterocycles. The van der Waals surface area contributed by atoms with Crippen molar-refractivity contribution in [2.24, 2.45) is 11.1 Å². The normalized spacial score (nSPS) is 22.8. The highest BCUT2D eigenvalue weighted by molar-refractivity contribution is 7.91. The van der Waals surface area contributed by atoms with Gasteiger partial charge in [0.05, 0.1) is 27.1 Å². The van der Waals surface area contributed by atoms with Gasteiger partial charge in [0, 0.05) is 43.9 Å². The van der Waals surface area contributed by atoms with Crippen LogP contribution in [-0.2, 0) is 20.8 Å². The molecule has 2 aliphatic rings. The molecular formula is C17H26N8O4S2. The van der Waals surface area contributed by atoms with Crippen LogP contribution in [0.4, 0.5) is 5.69 Å². The summed E-state index contributed by atoms with van der Waals surface area (Å²) in [6.07, 6.45) is 1.67. The number of anilines is 1. The third-order valence-electron chi connectivity index (χ3n) is 5.65. The Labute approximate surface area is 182 Å². The zero-order valence-corrected chi connectivity index (χ0v) is 18.5. The second-order valence-electron chi connectivity index (χ2n) is 7.73. The molecule has 14 heteroatoms. The Bertz CT molecular complexity index is 1040. The lowest BCUT2D eigenvalue weighted by Gasteiger charge is -2.24. The van der Waals surface area contributed by atoms with Gasteiger partial charge in [-0.25, -0.2) is 13.6 Å². The summed E-state index contributed by atoms with van der Waals surface area (Å²) in [5.41, 5.74) is 0.721. The van der Waals surface area contributed by atoms with Gasteiger partial charge >= 0.3 is 0 Å². The van der Waals surface area contributed by atoms with E-state index in [1.54, 1.807) is 6.07 Å². The zero-order valence-electron chi connectivity index (χ0n) is 16.8. The van der Waals surface area contributed by atoms with Crippen molar-refractivity contribution in [2.75, 3.05) is 43.6 Å². The van der Waals surface area contributed by atoms with Gasteiger partial charge in [0.2, 0.25) is 15.8 Å². The van der Waals surface area contributed by atoms with Crippen molar-refractivity contribution in [2.45, 2.75) is 28.7 Å². The number of rotatable bonds is 8. The molecule has 0 spiro atoms. The fraction of sp³-hybridized carbons (Fsp3) is 0.588. The minimum absolute atomic E-state index is 0.0415. The van der Waals surface area contributed by atoms with Crippen molar-refractivity contribution >= 4 is 26.5 Å². The molecule has 2 fully saturated rings. The Morgan fingerprint density at radius 2 is 2.19 bits per heavy atom. The van der Waals surface area contributed by atoms with E-state index in [0.29, 0.717) is 18.8 Å². The zero-order chi connectivity index (χ0) is 22.0. The Morgan fingerprint density at radius 1 is 1.35 bits per heavy atom. The third-order valence-corrected chi connectivity index (χ3v) is 8.03. The van der Waals surface area contributed by atoms with Crippen LogP contribution >= 0.6 is 0 Å². The predicted octanol–water partition coefficient (Wildman–Crippen LogP) is -1.65. The first kappa shape index (κ1) is 22.2. The molecule has 0 radical (unpaired) electrons. The maximum atomic E-state index is 13.1. The molecule has 1 aromatic heterocycles. The van der Waals surface area contributed by atoms with Crippen LogP contribution < -0.4 is 20.7 Å². The lowest BCUT2D eigenvalue weighted by atomic mass is 10.1. The number of tetrazole rings is 1. The van der Waals surface area contributed by atoms with Crippen molar-refractivity contribution in [1.29, 1.82) is 0 Å². The fourth-order valence-electron chi connectivity index (χ4n) is 4.06. The molecule has 2 saturated heterocycles. The number of aromatic nitrogens is 4. The summed E-state index contributed by atoms with van der Waals surface area (Å²) in [4.78, 5) is 1.79. The molecule has 2 aromatic rings. The maximum Gasteiger partial charge on any atom is 0.240 e. The van der Waals surface area contributed by atoms with Gasteiger partial charge in [-0.1, -0.05) is 0 Å². The van der Waals surface area contributed by atoms with Crippen LogP contribution in [-0.4, -0.2) is 83.1 Å². The van der Waals surface area contributed by atoms with Gasteiger partial charge in [-0.2, -0.15) is 5.21 Å². The Hall–Kier alpha value is -1.97. The van der Waals surface area contributed by atoms with Crippen LogP contribution in [0.25, 0.3) is 11.4 Å². The molecule has 1 unspecified atom stereocenters. The minimum Gasteiger partial charge on any atom is -0.396 e. The molecule has 12 nitrogen and oxygen atoms in total. The van der Waals surface area contributed by atoms with Crippen molar-refractivity contribution in [3.05, 3.63) is 12.1 Å². The number of benzene rings is 1. The largest absolute Gasteiger partial charge is 0.396 e. The van der Waals surface area contributed by atoms with Gasteiger partial charge in [-0.3, -0.25) is 4.21 Å². The van der Waals surface area contributed by atoms with E-state index in [4.69, 9.17) is 5.14 Å². The van der Waals surface area contributed by atoms with Crippen molar-refractivity contribution in [3.8, 4) is 11.4 Å². The number of aliphatic hydroxyl groups excluding tert-OH is 1. The van der Waals surface area contributed by atoms with Gasteiger partial charge in [-0.15, -0.1) is 10.2 Å². The number of aliphatic hydroxyl groups is 1. The lowest BCUT2D eigenvalue weighted by molar-refractivity contribution is 0.238. The first-order valence-corrected chi connectivity index (χ1v) is 12.9. The van der Waals surface area contributed by atoms with Crippen LogP contribution in [0.2, 0.25) is 0 Å². The fourth-order valence-corrected chi connectivity index (χ4v) is 6.59. The maximum absolute atomic E-state index is 13.1. The first-order valence-electron chi connectivity index (χ1n) is 10.0. The summed E-state index contributed by atoms with van der Waals surface area (Å²) in [6, 6.07) is 3.43. The number of hydrogen-bond donors (Lipinski definition) is 5. The van der Waals surface area contributed by atoms with E-state index >= 15 is 0 Å². The van der Waals surface area contributed by atoms with Gasteiger partial charge in [0.1, 0.15) is 4.90 Å². The van der Waals surface area contributed by atoms with Crippen molar-refractivity contribution in [1.82, 2.24) is 31.3 Å². The standard InChI is InChI=1S/C17H26N8O4S2/c18-31(28,29)16-14(30(27)10-20-12-3-5-19-7-12)2-1-13(15(16)17-21-23-24-22-17)25-6-4-11(8-25)9-26/h1-2,11-12,19-20,26H,3-10H2,(H2,18,28,29)(H,21,22,23,24)/t11-,12+,30?/m0/s1. The second kappa shape index (κ2) is 9.26. The highest BCUT2D eigenvalue weighted by Gasteiger charge is 2.32. The Morgan fingerprint density at radius 3 is 2.81 bits per heavy atom. The second-order valence-corrected chi connectivity index (χ2v) is 10.7. The van der Waals surface area contributed by atoms with E-state index in [-0.39, 0.29) is 45.6 Å². The summed E-state index contributed by atoms with van der Waals surface area (Å²) >= 11 is 0. The molecule has 0 saturated carbocycles. The van der Waals surface area contributed by atoms with E-state index in [9.17, 15) is 17.7 Å². The summed E-state index contributed by atoms with van der Waals surface area (Å²) in [7, 11) is -5.95. The summed E-state index contributed by atoms with van der Waals surface area (Å²) in [5, 5.41) is 35.4. The monoisotopic (exact) mass is 470 g/mol.